The van der Waals surface area contributed by atoms with Crippen LogP contribution in [0.1, 0.15) is 64.0 Å². The molecule has 0 unspecified atom stereocenters. The van der Waals surface area contributed by atoms with E-state index in [2.05, 4.69) is 13.8 Å². The summed E-state index contributed by atoms with van der Waals surface area (Å²) in [6.45, 7) is 6.77. The zero-order valence-electron chi connectivity index (χ0n) is 13.3. The molecule has 0 aliphatic heterocycles. The average Bonchev–Trinajstić information content (AvgIpc) is 2.46. The van der Waals surface area contributed by atoms with Crippen LogP contribution in [0.2, 0.25) is 0 Å². The molecule has 0 fully saturated rings. The molecule has 21 heavy (non-hydrogen) atoms. The third-order valence-corrected chi connectivity index (χ3v) is 3.42. The van der Waals surface area contributed by atoms with E-state index in [-0.39, 0.29) is 28.0 Å². The van der Waals surface area contributed by atoms with Gasteiger partial charge >= 0.3 is 16.5 Å². The van der Waals surface area contributed by atoms with Crippen LogP contribution in [0.4, 0.5) is 0 Å². The molecule has 0 aliphatic rings. The van der Waals surface area contributed by atoms with Crippen molar-refractivity contribution in [3.63, 3.8) is 0 Å². The van der Waals surface area contributed by atoms with Gasteiger partial charge in [-0.25, -0.2) is 0 Å². The van der Waals surface area contributed by atoms with Crippen molar-refractivity contribution < 1.29 is 31.4 Å². The van der Waals surface area contributed by atoms with E-state index in [4.69, 9.17) is 4.74 Å². The van der Waals surface area contributed by atoms with Crippen molar-refractivity contribution in [2.24, 2.45) is 0 Å². The maximum absolute atomic E-state index is 12.3. The molecule has 0 amide bonds. The Kier molecular flexibility index (Phi) is 10.3. The number of hydrogen-bond donors (Lipinski definition) is 0. The van der Waals surface area contributed by atoms with Gasteiger partial charge in [0, 0.05) is 0 Å². The van der Waals surface area contributed by atoms with E-state index in [1.165, 1.54) is 0 Å². The molecule has 3 nitrogen and oxygen atoms in total. The van der Waals surface area contributed by atoms with Gasteiger partial charge in [-0.3, -0.25) is 0 Å². The Morgan fingerprint density at radius 1 is 0.905 bits per heavy atom. The molecule has 0 saturated heterocycles. The van der Waals surface area contributed by atoms with E-state index in [9.17, 15) is 10.2 Å². The summed E-state index contributed by atoms with van der Waals surface area (Å²) >= 11 is 0. The van der Waals surface area contributed by atoms with Crippen LogP contribution >= 0.6 is 0 Å². The fourth-order valence-electron chi connectivity index (χ4n) is 2.19. The first kappa shape index (κ1) is 20.1. The summed E-state index contributed by atoms with van der Waals surface area (Å²) in [5.74, 6) is -0.0393. The summed E-state index contributed by atoms with van der Waals surface area (Å²) in [4.78, 5) is 0. The molecular weight excluding hydrogens is 311 g/mol. The van der Waals surface area contributed by atoms with Crippen molar-refractivity contribution in [2.45, 2.75) is 65.7 Å². The second kappa shape index (κ2) is 10.8. The van der Waals surface area contributed by atoms with Gasteiger partial charge in [-0.15, -0.1) is 11.5 Å². The van der Waals surface area contributed by atoms with Crippen LogP contribution in [0.15, 0.2) is 6.07 Å². The summed E-state index contributed by atoms with van der Waals surface area (Å²) < 4.78 is 5.70. The van der Waals surface area contributed by atoms with Gasteiger partial charge in [0.2, 0.25) is 0 Å². The van der Waals surface area contributed by atoms with E-state index < -0.39 is 0 Å². The molecule has 0 atom stereocenters. The smallest absolute Gasteiger partial charge is 0.873 e. The standard InChI is InChI=1S/C17H28O3.Ni/c1-4-7-9-13-12-15(20-11-6-3)14(10-8-5-2)17(19)16(13)18;/h12,18-19H,4-11H2,1-3H3;/q;+2/p-2. The first-order valence-electron chi connectivity index (χ1n) is 7.81. The number of aryl methyl sites for hydroxylation is 1. The SMILES string of the molecule is CCCCc1cc(OCCC)c(CCCC)c([O-])c1[O-].[Ni+2]. The Morgan fingerprint density at radius 3 is 2.10 bits per heavy atom. The minimum Gasteiger partial charge on any atom is -0.873 e. The topological polar surface area (TPSA) is 55.3 Å². The maximum atomic E-state index is 12.3. The molecule has 1 aromatic carbocycles. The van der Waals surface area contributed by atoms with Crippen molar-refractivity contribution in [1.82, 2.24) is 0 Å². The normalized spacial score (nSPS) is 10.2. The molecular formula is C17H26NiO3. The van der Waals surface area contributed by atoms with Crippen molar-refractivity contribution in [3.8, 4) is 17.2 Å². The molecule has 122 valence electrons. The molecule has 0 bridgehead atoms. The summed E-state index contributed by atoms with van der Waals surface area (Å²) in [5.41, 5.74) is 1.19. The first-order valence-corrected chi connectivity index (χ1v) is 7.81. The summed E-state index contributed by atoms with van der Waals surface area (Å²) in [5, 5.41) is 24.4. The van der Waals surface area contributed by atoms with Crippen LogP contribution in [-0.4, -0.2) is 6.61 Å². The third-order valence-electron chi connectivity index (χ3n) is 3.42. The first-order chi connectivity index (χ1) is 9.65. The third kappa shape index (κ3) is 5.78. The molecule has 0 heterocycles. The van der Waals surface area contributed by atoms with Crippen LogP contribution in [0.3, 0.4) is 0 Å². The molecule has 1 aromatic rings. The van der Waals surface area contributed by atoms with E-state index in [1.54, 1.807) is 6.07 Å². The van der Waals surface area contributed by atoms with Crippen LogP contribution < -0.4 is 14.9 Å². The molecule has 0 saturated carbocycles. The number of hydrogen-bond acceptors (Lipinski definition) is 3. The average molecular weight is 337 g/mol. The predicted octanol–water partition coefficient (Wildman–Crippen LogP) is 3.31. The Morgan fingerprint density at radius 2 is 1.52 bits per heavy atom. The monoisotopic (exact) mass is 336 g/mol. The molecule has 0 aromatic heterocycles. The fourth-order valence-corrected chi connectivity index (χ4v) is 2.19. The molecule has 0 N–H and O–H groups in total. The van der Waals surface area contributed by atoms with Gasteiger partial charge in [0.25, 0.3) is 0 Å². The van der Waals surface area contributed by atoms with Crippen LogP contribution in [0.5, 0.6) is 17.2 Å². The summed E-state index contributed by atoms with van der Waals surface area (Å²) in [7, 11) is 0. The van der Waals surface area contributed by atoms with Crippen LogP contribution in [-0.2, 0) is 29.3 Å². The Hall–Kier alpha value is -0.886. The second-order valence-corrected chi connectivity index (χ2v) is 5.23. The van der Waals surface area contributed by atoms with Crippen molar-refractivity contribution in [2.75, 3.05) is 6.61 Å². The Labute approximate surface area is 138 Å². The Balaban J connectivity index is 0.00000400. The largest absolute Gasteiger partial charge is 2.00 e. The second-order valence-electron chi connectivity index (χ2n) is 5.23. The van der Waals surface area contributed by atoms with E-state index >= 15 is 0 Å². The van der Waals surface area contributed by atoms with Crippen molar-refractivity contribution in [1.29, 1.82) is 0 Å². The van der Waals surface area contributed by atoms with Crippen molar-refractivity contribution in [3.05, 3.63) is 17.2 Å². The molecule has 1 rings (SSSR count). The maximum Gasteiger partial charge on any atom is 2.00 e. The zero-order valence-corrected chi connectivity index (χ0v) is 14.3. The zero-order chi connectivity index (χ0) is 15.0. The van der Waals surface area contributed by atoms with Gasteiger partial charge in [0.05, 0.1) is 6.61 Å². The van der Waals surface area contributed by atoms with Gasteiger partial charge in [-0.2, -0.15) is 0 Å². The number of ether oxygens (including phenoxy) is 1. The summed E-state index contributed by atoms with van der Waals surface area (Å²) in [6, 6.07) is 1.81. The number of rotatable bonds is 9. The molecule has 0 aliphatic carbocycles. The molecule has 4 heteroatoms. The quantitative estimate of drug-likeness (QED) is 0.650. The summed E-state index contributed by atoms with van der Waals surface area (Å²) in [6.07, 6.45) is 6.04. The van der Waals surface area contributed by atoms with Gasteiger partial charge < -0.3 is 14.9 Å². The van der Waals surface area contributed by atoms with E-state index in [0.29, 0.717) is 36.3 Å². The Bertz CT molecular complexity index is 419. The molecule has 0 radical (unpaired) electrons. The van der Waals surface area contributed by atoms with Gasteiger partial charge in [-0.1, -0.05) is 39.2 Å². The van der Waals surface area contributed by atoms with E-state index in [1.807, 2.05) is 6.92 Å². The minimum atomic E-state index is -0.349. The van der Waals surface area contributed by atoms with Gasteiger partial charge in [0.1, 0.15) is 5.75 Å². The van der Waals surface area contributed by atoms with Gasteiger partial charge in [0.15, 0.2) is 0 Å². The fraction of sp³-hybridized carbons (Fsp3) is 0.647. The molecule has 0 spiro atoms. The van der Waals surface area contributed by atoms with Crippen LogP contribution in [0.25, 0.3) is 0 Å². The van der Waals surface area contributed by atoms with E-state index in [0.717, 1.165) is 32.1 Å². The predicted molar refractivity (Wildman–Crippen MR) is 78.3 cm³/mol. The minimum absolute atomic E-state index is 0. The number of unbranched alkanes of at least 4 members (excludes halogenated alkanes) is 2. The van der Waals surface area contributed by atoms with Crippen LogP contribution in [0, 0.1) is 0 Å². The van der Waals surface area contributed by atoms with Gasteiger partial charge in [-0.05, 0) is 43.7 Å². The van der Waals surface area contributed by atoms with Crippen molar-refractivity contribution >= 4 is 0 Å². The number of benzene rings is 1.